The highest BCUT2D eigenvalue weighted by atomic mass is 16.5. The SMILES string of the molecule is COC[C@@H](C)Nc1ccc2nnnn2n1. The molecule has 0 fully saturated rings. The van der Waals surface area contributed by atoms with Crippen molar-refractivity contribution in [3.05, 3.63) is 12.1 Å². The average molecular weight is 208 g/mol. The van der Waals surface area contributed by atoms with E-state index in [0.717, 1.165) is 5.82 Å². The Bertz CT molecular complexity index is 441. The molecule has 0 unspecified atom stereocenters. The molecule has 7 nitrogen and oxygen atoms in total. The van der Waals surface area contributed by atoms with Crippen LogP contribution < -0.4 is 5.32 Å². The number of rotatable bonds is 4. The second-order valence-electron chi connectivity index (χ2n) is 3.25. The second kappa shape index (κ2) is 4.18. The maximum atomic E-state index is 5.01. The van der Waals surface area contributed by atoms with E-state index in [4.69, 9.17) is 4.74 Å². The first kappa shape index (κ1) is 9.78. The van der Waals surface area contributed by atoms with E-state index in [1.54, 1.807) is 13.2 Å². The summed E-state index contributed by atoms with van der Waals surface area (Å²) < 4.78 is 6.39. The average Bonchev–Trinajstić information content (AvgIpc) is 2.65. The van der Waals surface area contributed by atoms with E-state index >= 15 is 0 Å². The Morgan fingerprint density at radius 1 is 1.53 bits per heavy atom. The second-order valence-corrected chi connectivity index (χ2v) is 3.25. The van der Waals surface area contributed by atoms with Crippen LogP contribution in [0.25, 0.3) is 5.65 Å². The fourth-order valence-corrected chi connectivity index (χ4v) is 1.27. The molecule has 0 aliphatic carbocycles. The van der Waals surface area contributed by atoms with Gasteiger partial charge in [-0.2, -0.15) is 0 Å². The van der Waals surface area contributed by atoms with E-state index in [1.807, 2.05) is 13.0 Å². The summed E-state index contributed by atoms with van der Waals surface area (Å²) in [4.78, 5) is 0. The van der Waals surface area contributed by atoms with Gasteiger partial charge in [-0.25, -0.2) is 0 Å². The Morgan fingerprint density at radius 2 is 2.40 bits per heavy atom. The molecule has 0 saturated carbocycles. The number of aromatic nitrogens is 5. The van der Waals surface area contributed by atoms with Crippen molar-refractivity contribution in [2.45, 2.75) is 13.0 Å². The highest BCUT2D eigenvalue weighted by Gasteiger charge is 2.04. The first-order chi connectivity index (χ1) is 7.29. The van der Waals surface area contributed by atoms with Crippen LogP contribution in [0.3, 0.4) is 0 Å². The van der Waals surface area contributed by atoms with Crippen molar-refractivity contribution < 1.29 is 4.74 Å². The van der Waals surface area contributed by atoms with Gasteiger partial charge in [0, 0.05) is 13.2 Å². The number of fused-ring (bicyclic) bond motifs is 1. The minimum absolute atomic E-state index is 0.191. The standard InChI is InChI=1S/C8H12N6O/c1-6(5-15-2)9-7-3-4-8-10-12-13-14(8)11-7/h3-4,6H,5H2,1-2H3,(H,9,11)/t6-/m1/s1. The van der Waals surface area contributed by atoms with Crippen molar-refractivity contribution in [3.8, 4) is 0 Å². The summed E-state index contributed by atoms with van der Waals surface area (Å²) >= 11 is 0. The van der Waals surface area contributed by atoms with E-state index in [-0.39, 0.29) is 6.04 Å². The van der Waals surface area contributed by atoms with Gasteiger partial charge >= 0.3 is 0 Å². The molecular formula is C8H12N6O. The van der Waals surface area contributed by atoms with E-state index in [1.165, 1.54) is 4.63 Å². The summed E-state index contributed by atoms with van der Waals surface area (Å²) in [5, 5.41) is 18.3. The summed E-state index contributed by atoms with van der Waals surface area (Å²) in [7, 11) is 1.66. The Morgan fingerprint density at radius 3 is 3.20 bits per heavy atom. The molecule has 0 aromatic carbocycles. The zero-order valence-corrected chi connectivity index (χ0v) is 8.58. The van der Waals surface area contributed by atoms with Gasteiger partial charge in [0.05, 0.1) is 6.61 Å². The Balaban J connectivity index is 2.14. The van der Waals surface area contributed by atoms with Crippen LogP contribution in [0.1, 0.15) is 6.92 Å². The third kappa shape index (κ3) is 2.18. The highest BCUT2D eigenvalue weighted by Crippen LogP contribution is 2.04. The summed E-state index contributed by atoms with van der Waals surface area (Å²) in [5.74, 6) is 0.722. The van der Waals surface area contributed by atoms with Crippen LogP contribution in [0.2, 0.25) is 0 Å². The summed E-state index contributed by atoms with van der Waals surface area (Å²) in [6.45, 7) is 2.63. The molecule has 0 aliphatic heterocycles. The van der Waals surface area contributed by atoms with Gasteiger partial charge in [0.25, 0.3) is 0 Å². The summed E-state index contributed by atoms with van der Waals surface area (Å²) in [6.07, 6.45) is 0. The highest BCUT2D eigenvalue weighted by molar-refractivity contribution is 5.42. The van der Waals surface area contributed by atoms with Crippen LogP contribution in [-0.4, -0.2) is 45.0 Å². The van der Waals surface area contributed by atoms with E-state index < -0.39 is 0 Å². The predicted octanol–water partition coefficient (Wildman–Crippen LogP) is -0.0339. The van der Waals surface area contributed by atoms with Gasteiger partial charge in [-0.3, -0.25) is 0 Å². The Labute approximate surface area is 86.4 Å². The normalized spacial score (nSPS) is 12.9. The van der Waals surface area contributed by atoms with Gasteiger partial charge in [0.15, 0.2) is 5.65 Å². The topological polar surface area (TPSA) is 77.2 Å². The van der Waals surface area contributed by atoms with Crippen LogP contribution in [0.5, 0.6) is 0 Å². The fraction of sp³-hybridized carbons (Fsp3) is 0.500. The van der Waals surface area contributed by atoms with Crippen molar-refractivity contribution in [2.24, 2.45) is 0 Å². The molecule has 0 spiro atoms. The first-order valence-electron chi connectivity index (χ1n) is 4.60. The fourth-order valence-electron chi connectivity index (χ4n) is 1.27. The molecule has 2 aromatic heterocycles. The molecule has 80 valence electrons. The molecule has 1 N–H and O–H groups in total. The van der Waals surface area contributed by atoms with Crippen molar-refractivity contribution in [1.29, 1.82) is 0 Å². The van der Waals surface area contributed by atoms with Crippen molar-refractivity contribution in [1.82, 2.24) is 25.3 Å². The molecule has 0 bridgehead atoms. The van der Waals surface area contributed by atoms with Crippen LogP contribution >= 0.6 is 0 Å². The lowest BCUT2D eigenvalue weighted by Gasteiger charge is -2.12. The number of tetrazole rings is 1. The molecule has 0 saturated heterocycles. The molecule has 2 aromatic rings. The van der Waals surface area contributed by atoms with Gasteiger partial charge in [0.1, 0.15) is 5.82 Å². The zero-order chi connectivity index (χ0) is 10.7. The van der Waals surface area contributed by atoms with Gasteiger partial charge in [0.2, 0.25) is 0 Å². The number of hydrogen-bond acceptors (Lipinski definition) is 6. The smallest absolute Gasteiger partial charge is 0.200 e. The van der Waals surface area contributed by atoms with Crippen molar-refractivity contribution >= 4 is 11.5 Å². The van der Waals surface area contributed by atoms with Gasteiger partial charge in [-0.15, -0.1) is 14.8 Å². The van der Waals surface area contributed by atoms with E-state index in [0.29, 0.717) is 12.3 Å². The maximum Gasteiger partial charge on any atom is 0.200 e. The lowest BCUT2D eigenvalue weighted by Crippen LogP contribution is -2.21. The number of ether oxygens (including phenoxy) is 1. The maximum absolute atomic E-state index is 5.01. The van der Waals surface area contributed by atoms with Gasteiger partial charge in [-0.1, -0.05) is 0 Å². The molecule has 0 radical (unpaired) electrons. The molecule has 2 heterocycles. The molecule has 1 atom stereocenters. The lowest BCUT2D eigenvalue weighted by atomic mass is 10.3. The minimum atomic E-state index is 0.191. The van der Waals surface area contributed by atoms with Crippen LogP contribution in [0.15, 0.2) is 12.1 Å². The molecule has 0 aliphatic rings. The predicted molar refractivity (Wildman–Crippen MR) is 53.5 cm³/mol. The molecule has 15 heavy (non-hydrogen) atoms. The molecule has 2 rings (SSSR count). The Hall–Kier alpha value is -1.76. The van der Waals surface area contributed by atoms with E-state index in [9.17, 15) is 0 Å². The molecular weight excluding hydrogens is 196 g/mol. The monoisotopic (exact) mass is 208 g/mol. The lowest BCUT2D eigenvalue weighted by molar-refractivity contribution is 0.190. The summed E-state index contributed by atoms with van der Waals surface area (Å²) in [6, 6.07) is 3.82. The number of hydrogen-bond donors (Lipinski definition) is 1. The molecule has 7 heteroatoms. The minimum Gasteiger partial charge on any atom is -0.383 e. The van der Waals surface area contributed by atoms with Crippen molar-refractivity contribution in [3.63, 3.8) is 0 Å². The number of nitrogens with zero attached hydrogens (tertiary/aromatic N) is 5. The van der Waals surface area contributed by atoms with Crippen molar-refractivity contribution in [2.75, 3.05) is 19.0 Å². The number of nitrogens with one attached hydrogen (secondary N) is 1. The van der Waals surface area contributed by atoms with E-state index in [2.05, 4.69) is 25.9 Å². The van der Waals surface area contributed by atoms with Crippen LogP contribution in [0, 0.1) is 0 Å². The summed E-state index contributed by atoms with van der Waals surface area (Å²) in [5.41, 5.74) is 0.625. The number of methoxy groups -OCH3 is 1. The first-order valence-corrected chi connectivity index (χ1v) is 4.60. The third-order valence-electron chi connectivity index (χ3n) is 1.88. The Kier molecular flexibility index (Phi) is 2.72. The van der Waals surface area contributed by atoms with Crippen LogP contribution in [-0.2, 0) is 4.74 Å². The van der Waals surface area contributed by atoms with Gasteiger partial charge in [-0.05, 0) is 29.5 Å². The molecule has 0 amide bonds. The quantitative estimate of drug-likeness (QED) is 0.760. The van der Waals surface area contributed by atoms with Crippen LogP contribution in [0.4, 0.5) is 5.82 Å². The van der Waals surface area contributed by atoms with Gasteiger partial charge < -0.3 is 10.1 Å². The third-order valence-corrected chi connectivity index (χ3v) is 1.88. The zero-order valence-electron chi connectivity index (χ0n) is 8.58. The largest absolute Gasteiger partial charge is 0.383 e. The number of anilines is 1.